The van der Waals surface area contributed by atoms with Crippen LogP contribution in [0.15, 0.2) is 0 Å². The fraction of sp³-hybridized carbons (Fsp3) is 0.931. The number of nitrogens with zero attached hydrogens (tertiary/aromatic N) is 2. The third-order valence-corrected chi connectivity index (χ3v) is 12.1. The molecule has 0 radical (unpaired) electrons. The summed E-state index contributed by atoms with van der Waals surface area (Å²) in [5.41, 5.74) is -0.527. The van der Waals surface area contributed by atoms with Gasteiger partial charge in [-0.05, 0) is 93.5 Å². The van der Waals surface area contributed by atoms with Crippen LogP contribution in [0.25, 0.3) is 4.85 Å². The Bertz CT molecular complexity index is 987. The van der Waals surface area contributed by atoms with Gasteiger partial charge in [-0.2, -0.15) is 0 Å². The van der Waals surface area contributed by atoms with Crippen LogP contribution >= 0.6 is 0 Å². The van der Waals surface area contributed by atoms with Crippen LogP contribution in [-0.2, 0) is 14.3 Å². The van der Waals surface area contributed by atoms with E-state index in [4.69, 9.17) is 9.47 Å². The van der Waals surface area contributed by atoms with E-state index in [0.29, 0.717) is 37.9 Å². The second kappa shape index (κ2) is 8.89. The van der Waals surface area contributed by atoms with Gasteiger partial charge in [-0.3, -0.25) is 9.69 Å². The van der Waals surface area contributed by atoms with Gasteiger partial charge in [-0.15, -0.1) is 0 Å². The molecule has 4 aliphatic carbocycles. The van der Waals surface area contributed by atoms with Crippen molar-refractivity contribution in [2.24, 2.45) is 40.4 Å². The van der Waals surface area contributed by atoms with Gasteiger partial charge in [-0.1, -0.05) is 18.7 Å². The van der Waals surface area contributed by atoms with Crippen LogP contribution in [0.2, 0.25) is 0 Å². The molecule has 8 heteroatoms. The standard InChI is InChI=1S/C29H45N2O6/c1-18(32)37-29(35)25(31-11-4-5-12-31)14-22-20-7-6-19-15-28(33,34)23(24-17-36-13-10-30-24)16-26(19,2)21(20)8-9-27(22,29)3/h19-25,33-35H,4-9,11-17H2,1-3H3/q+1/t19-,20+,21-,22-,23-,24-,25-,26-,27-,29+/m0/s1. The minimum atomic E-state index is -1.75. The summed E-state index contributed by atoms with van der Waals surface area (Å²) in [6.45, 7) is 8.62. The van der Waals surface area contributed by atoms with Gasteiger partial charge in [0.2, 0.25) is 5.79 Å². The number of likely N-dealkylation sites (tertiary alicyclic amines) is 1. The zero-order valence-electron chi connectivity index (χ0n) is 22.7. The van der Waals surface area contributed by atoms with E-state index >= 15 is 0 Å². The molecule has 0 spiro atoms. The third kappa shape index (κ3) is 3.82. The van der Waals surface area contributed by atoms with Crippen molar-refractivity contribution >= 4 is 5.97 Å². The molecule has 3 N–H and O–H groups in total. The molecule has 6 rings (SSSR count). The molecule has 1 saturated heterocycles. The van der Waals surface area contributed by atoms with Gasteiger partial charge in [0.1, 0.15) is 6.61 Å². The van der Waals surface area contributed by atoms with Crippen LogP contribution in [0.5, 0.6) is 0 Å². The molecular weight excluding hydrogens is 472 g/mol. The molecule has 8 nitrogen and oxygen atoms in total. The normalized spacial score (nSPS) is 50.8. The number of carbonyl (C=O) groups is 1. The summed E-state index contributed by atoms with van der Waals surface area (Å²) in [5, 5.41) is 34.5. The molecule has 6 aliphatic rings. The highest BCUT2D eigenvalue weighted by atomic mass is 16.7. The zero-order valence-corrected chi connectivity index (χ0v) is 22.7. The van der Waals surface area contributed by atoms with Gasteiger partial charge in [-0.25, -0.2) is 0 Å². The maximum absolute atomic E-state index is 12.3. The predicted octanol–water partition coefficient (Wildman–Crippen LogP) is 2.99. The minimum absolute atomic E-state index is 0.0396. The van der Waals surface area contributed by atoms with E-state index in [1.54, 1.807) is 0 Å². The van der Waals surface area contributed by atoms with Crippen LogP contribution in [0, 0.1) is 46.5 Å². The van der Waals surface area contributed by atoms with Crippen molar-refractivity contribution in [2.75, 3.05) is 26.3 Å². The first kappa shape index (κ1) is 26.0. The van der Waals surface area contributed by atoms with Crippen molar-refractivity contribution in [3.05, 3.63) is 4.85 Å². The van der Waals surface area contributed by atoms with Gasteiger partial charge in [0.15, 0.2) is 12.4 Å². The largest absolute Gasteiger partial charge is 0.431 e. The Morgan fingerprint density at radius 1 is 1.05 bits per heavy atom. The van der Waals surface area contributed by atoms with Gasteiger partial charge < -0.3 is 24.8 Å². The van der Waals surface area contributed by atoms with E-state index in [1.165, 1.54) is 6.92 Å². The highest BCUT2D eigenvalue weighted by Gasteiger charge is 2.72. The fourth-order valence-corrected chi connectivity index (χ4v) is 10.2. The van der Waals surface area contributed by atoms with Crippen molar-refractivity contribution in [3.63, 3.8) is 0 Å². The molecule has 0 amide bonds. The molecule has 10 atom stereocenters. The van der Waals surface area contributed by atoms with Crippen molar-refractivity contribution in [2.45, 2.75) is 102 Å². The lowest BCUT2D eigenvalue weighted by molar-refractivity contribution is -0.291. The van der Waals surface area contributed by atoms with Crippen LogP contribution in [0.1, 0.15) is 78.6 Å². The number of carbonyl (C=O) groups excluding carboxylic acids is 1. The number of ether oxygens (including phenoxy) is 2. The molecule has 2 heterocycles. The Morgan fingerprint density at radius 2 is 1.81 bits per heavy atom. The number of aliphatic hydroxyl groups is 3. The molecule has 0 aromatic rings. The minimum Gasteiger partial charge on any atom is -0.431 e. The molecule has 0 aromatic carbocycles. The lowest BCUT2D eigenvalue weighted by atomic mass is 9.43. The quantitative estimate of drug-likeness (QED) is 0.391. The Hall–Kier alpha value is -1.24. The van der Waals surface area contributed by atoms with E-state index in [1.807, 2.05) is 0 Å². The smallest absolute Gasteiger partial charge is 0.305 e. The average molecular weight is 518 g/mol. The van der Waals surface area contributed by atoms with Crippen molar-refractivity contribution < 1.29 is 29.6 Å². The van der Waals surface area contributed by atoms with Crippen LogP contribution in [-0.4, -0.2) is 76.1 Å². The van der Waals surface area contributed by atoms with E-state index < -0.39 is 23.0 Å². The predicted molar refractivity (Wildman–Crippen MR) is 136 cm³/mol. The summed E-state index contributed by atoms with van der Waals surface area (Å²) < 4.78 is 11.5. The number of hydrogen-bond donors (Lipinski definition) is 3. The molecule has 206 valence electrons. The Balaban J connectivity index is 1.32. The van der Waals surface area contributed by atoms with E-state index in [2.05, 4.69) is 29.7 Å². The number of rotatable bonds is 3. The molecule has 2 aliphatic heterocycles. The van der Waals surface area contributed by atoms with Crippen LogP contribution < -0.4 is 0 Å². The van der Waals surface area contributed by atoms with Crippen molar-refractivity contribution in [1.29, 1.82) is 0 Å². The monoisotopic (exact) mass is 517 g/mol. The molecule has 5 fully saturated rings. The van der Waals surface area contributed by atoms with E-state index in [9.17, 15) is 20.1 Å². The van der Waals surface area contributed by atoms with Crippen molar-refractivity contribution in [1.82, 2.24) is 4.90 Å². The molecule has 4 saturated carbocycles. The Kier molecular flexibility index (Phi) is 6.25. The van der Waals surface area contributed by atoms with E-state index in [-0.39, 0.29) is 35.3 Å². The van der Waals surface area contributed by atoms with Crippen LogP contribution in [0.4, 0.5) is 0 Å². The highest BCUT2D eigenvalue weighted by Crippen LogP contribution is 2.70. The Morgan fingerprint density at radius 3 is 2.49 bits per heavy atom. The summed E-state index contributed by atoms with van der Waals surface area (Å²) in [6, 6.07) is 2.46. The number of fused-ring (bicyclic) bond motifs is 5. The third-order valence-electron chi connectivity index (χ3n) is 12.1. The lowest BCUT2D eigenvalue weighted by Gasteiger charge is -2.62. The summed E-state index contributed by atoms with van der Waals surface area (Å²) in [6.07, 6.45) is 7.91. The summed E-state index contributed by atoms with van der Waals surface area (Å²) in [4.78, 5) is 19.2. The van der Waals surface area contributed by atoms with Gasteiger partial charge in [0.25, 0.3) is 0 Å². The van der Waals surface area contributed by atoms with Crippen molar-refractivity contribution in [3.8, 4) is 6.07 Å². The van der Waals surface area contributed by atoms with Crippen LogP contribution in [0.3, 0.4) is 0 Å². The highest BCUT2D eigenvalue weighted by molar-refractivity contribution is 5.66. The average Bonchev–Trinajstić information content (AvgIpc) is 3.44. The second-order valence-corrected chi connectivity index (χ2v) is 13.7. The molecule has 0 unspecified atom stereocenters. The van der Waals surface area contributed by atoms with Gasteiger partial charge in [0, 0.05) is 18.8 Å². The fourth-order valence-electron chi connectivity index (χ4n) is 10.2. The maximum atomic E-state index is 12.3. The molecule has 0 bridgehead atoms. The Labute approximate surface area is 220 Å². The van der Waals surface area contributed by atoms with Gasteiger partial charge in [0.05, 0.1) is 12.0 Å². The first-order chi connectivity index (χ1) is 17.5. The molecular formula is C29H45N2O6+. The summed E-state index contributed by atoms with van der Waals surface area (Å²) >= 11 is 0. The van der Waals surface area contributed by atoms with Gasteiger partial charge >= 0.3 is 18.1 Å². The molecule has 37 heavy (non-hydrogen) atoms. The zero-order chi connectivity index (χ0) is 26.2. The van der Waals surface area contributed by atoms with E-state index in [0.717, 1.165) is 58.0 Å². The summed E-state index contributed by atoms with van der Waals surface area (Å²) in [7, 11) is 0. The number of esters is 1. The number of hydrogen-bond acceptors (Lipinski definition) is 7. The lowest BCUT2D eigenvalue weighted by Crippen LogP contribution is -2.63. The molecule has 0 aromatic heterocycles. The first-order valence-electron chi connectivity index (χ1n) is 14.6. The summed E-state index contributed by atoms with van der Waals surface area (Å²) in [5.74, 6) is -2.66. The SMILES string of the molecule is CC(=O)O[C@]1(O)[C@@H](N2CCCC2)C[C@H]2[C@@H]3CC[C@H]4CC(O)(O)[C@H]([C@@H]5COCC#[N+]5)C[C@]4(C)[C@H]3CC[C@@]21C. The topological polar surface area (TPSA) is 104 Å². The second-order valence-electron chi connectivity index (χ2n) is 13.7. The first-order valence-corrected chi connectivity index (χ1v) is 14.6. The maximum Gasteiger partial charge on any atom is 0.305 e.